The molecule has 0 aromatic carbocycles. The molecule has 2 aliphatic rings. The van der Waals surface area contributed by atoms with Crippen molar-refractivity contribution in [2.45, 2.75) is 45.8 Å². The molecule has 28 heavy (non-hydrogen) atoms. The topological polar surface area (TPSA) is 89.5 Å². The monoisotopic (exact) mass is 396 g/mol. The fourth-order valence-corrected chi connectivity index (χ4v) is 3.49. The van der Waals surface area contributed by atoms with Crippen molar-refractivity contribution in [1.29, 1.82) is 0 Å². The Bertz CT molecular complexity index is 567. The number of nitrogens with zero attached hydrogens (tertiary/aromatic N) is 4. The van der Waals surface area contributed by atoms with E-state index in [9.17, 15) is 9.59 Å². The third kappa shape index (κ3) is 7.18. The summed E-state index contributed by atoms with van der Waals surface area (Å²) in [4.78, 5) is 34.1. The van der Waals surface area contributed by atoms with Crippen LogP contribution in [0.15, 0.2) is 4.99 Å². The average Bonchev–Trinajstić information content (AvgIpc) is 3.05. The van der Waals surface area contributed by atoms with E-state index in [4.69, 9.17) is 4.74 Å². The maximum Gasteiger partial charge on any atom is 0.407 e. The van der Waals surface area contributed by atoms with Gasteiger partial charge in [-0.15, -0.1) is 0 Å². The highest BCUT2D eigenvalue weighted by Crippen LogP contribution is 2.12. The lowest BCUT2D eigenvalue weighted by molar-refractivity contribution is -0.130. The quantitative estimate of drug-likeness (QED) is 0.526. The first-order valence-electron chi connectivity index (χ1n) is 10.1. The number of aliphatic imine (C=N–C) groups is 1. The molecule has 2 heterocycles. The van der Waals surface area contributed by atoms with Gasteiger partial charge in [0.1, 0.15) is 5.60 Å². The molecule has 2 aliphatic heterocycles. The van der Waals surface area contributed by atoms with Crippen LogP contribution in [0.25, 0.3) is 0 Å². The van der Waals surface area contributed by atoms with Crippen molar-refractivity contribution in [2.24, 2.45) is 4.99 Å². The zero-order chi connectivity index (χ0) is 20.7. The third-order valence-electron chi connectivity index (χ3n) is 4.95. The first kappa shape index (κ1) is 22.3. The van der Waals surface area contributed by atoms with Crippen molar-refractivity contribution in [3.63, 3.8) is 0 Å². The normalized spacial score (nSPS) is 21.6. The van der Waals surface area contributed by atoms with Crippen LogP contribution in [0.5, 0.6) is 0 Å². The number of ether oxygens (including phenoxy) is 1. The van der Waals surface area contributed by atoms with Gasteiger partial charge in [-0.25, -0.2) is 4.79 Å². The smallest absolute Gasteiger partial charge is 0.407 e. The highest BCUT2D eigenvalue weighted by Gasteiger charge is 2.28. The highest BCUT2D eigenvalue weighted by atomic mass is 16.6. The zero-order valence-electron chi connectivity index (χ0n) is 18.0. The van der Waals surface area contributed by atoms with Gasteiger partial charge in [0, 0.05) is 66.3 Å². The van der Waals surface area contributed by atoms with E-state index in [-0.39, 0.29) is 18.0 Å². The fourth-order valence-electron chi connectivity index (χ4n) is 3.49. The van der Waals surface area contributed by atoms with Crippen LogP contribution in [-0.2, 0) is 9.53 Å². The molecule has 9 nitrogen and oxygen atoms in total. The van der Waals surface area contributed by atoms with E-state index in [1.807, 2.05) is 25.7 Å². The number of guanidine groups is 1. The number of carbonyl (C=O) groups is 2. The minimum absolute atomic E-state index is 0.0630. The number of alkyl carbamates (subject to hydrolysis) is 1. The van der Waals surface area contributed by atoms with Gasteiger partial charge in [0.15, 0.2) is 5.96 Å². The number of rotatable bonds is 4. The van der Waals surface area contributed by atoms with E-state index in [0.29, 0.717) is 0 Å². The van der Waals surface area contributed by atoms with Gasteiger partial charge in [-0.1, -0.05) is 0 Å². The molecule has 2 rings (SSSR count). The Kier molecular flexibility index (Phi) is 7.91. The number of hydrogen-bond donors (Lipinski definition) is 2. The van der Waals surface area contributed by atoms with E-state index < -0.39 is 5.60 Å². The van der Waals surface area contributed by atoms with Crippen LogP contribution in [0.3, 0.4) is 0 Å². The second-order valence-corrected chi connectivity index (χ2v) is 8.40. The Labute approximate surface area is 168 Å². The fraction of sp³-hybridized carbons (Fsp3) is 0.842. The largest absolute Gasteiger partial charge is 0.444 e. The summed E-state index contributed by atoms with van der Waals surface area (Å²) in [6.45, 7) is 13.9. The maximum absolute atomic E-state index is 11.9. The summed E-state index contributed by atoms with van der Waals surface area (Å²) in [7, 11) is 1.78. The van der Waals surface area contributed by atoms with E-state index in [1.165, 1.54) is 0 Å². The van der Waals surface area contributed by atoms with Crippen molar-refractivity contribution >= 4 is 18.0 Å². The van der Waals surface area contributed by atoms with Crippen LogP contribution in [0.4, 0.5) is 4.79 Å². The summed E-state index contributed by atoms with van der Waals surface area (Å²) in [6, 6.07) is 0.0630. The van der Waals surface area contributed by atoms with Crippen LogP contribution >= 0.6 is 0 Å². The average molecular weight is 397 g/mol. The molecule has 1 unspecified atom stereocenters. The van der Waals surface area contributed by atoms with E-state index >= 15 is 0 Å². The molecule has 160 valence electrons. The Hall–Kier alpha value is -2.03. The van der Waals surface area contributed by atoms with Gasteiger partial charge in [-0.2, -0.15) is 0 Å². The lowest BCUT2D eigenvalue weighted by atomic mass is 10.2. The number of likely N-dealkylation sites (tertiary alicyclic amines) is 1. The Morgan fingerprint density at radius 2 is 1.79 bits per heavy atom. The minimum Gasteiger partial charge on any atom is -0.444 e. The molecule has 2 fully saturated rings. The van der Waals surface area contributed by atoms with Crippen molar-refractivity contribution in [3.05, 3.63) is 0 Å². The Balaban J connectivity index is 1.68. The Morgan fingerprint density at radius 1 is 1.11 bits per heavy atom. The van der Waals surface area contributed by atoms with Crippen LogP contribution in [0.2, 0.25) is 0 Å². The number of nitrogens with one attached hydrogen (secondary N) is 2. The number of piperazine rings is 1. The number of amides is 2. The predicted octanol–water partition coefficient (Wildman–Crippen LogP) is 0.325. The van der Waals surface area contributed by atoms with Crippen LogP contribution in [0.1, 0.15) is 34.1 Å². The third-order valence-corrected chi connectivity index (χ3v) is 4.95. The first-order chi connectivity index (χ1) is 13.2. The zero-order valence-corrected chi connectivity index (χ0v) is 18.0. The molecule has 2 saturated heterocycles. The second kappa shape index (κ2) is 9.95. The standard InChI is InChI=1S/C19H36N6O3/c1-15(26)24-12-10-23(11-13-24)9-7-21-17(20-5)25-8-6-16(14-25)22-18(27)28-19(2,3)4/h16H,6-14H2,1-5H3,(H,20,21)(H,22,27). The summed E-state index contributed by atoms with van der Waals surface area (Å²) < 4.78 is 5.33. The minimum atomic E-state index is -0.490. The van der Waals surface area contributed by atoms with Gasteiger partial charge in [0.05, 0.1) is 6.04 Å². The molecular weight excluding hydrogens is 360 g/mol. The molecule has 1 atom stereocenters. The highest BCUT2D eigenvalue weighted by molar-refractivity contribution is 5.80. The van der Waals surface area contributed by atoms with Gasteiger partial charge in [0.25, 0.3) is 0 Å². The molecule has 0 aromatic heterocycles. The first-order valence-corrected chi connectivity index (χ1v) is 10.1. The number of carbonyl (C=O) groups excluding carboxylic acids is 2. The molecular formula is C19H36N6O3. The van der Waals surface area contributed by atoms with E-state index in [1.54, 1.807) is 14.0 Å². The number of hydrogen-bond acceptors (Lipinski definition) is 5. The van der Waals surface area contributed by atoms with Gasteiger partial charge < -0.3 is 25.2 Å². The van der Waals surface area contributed by atoms with Gasteiger partial charge in [0.2, 0.25) is 5.91 Å². The molecule has 9 heteroatoms. The lowest BCUT2D eigenvalue weighted by Crippen LogP contribution is -2.50. The molecule has 0 saturated carbocycles. The molecule has 2 amide bonds. The molecule has 0 radical (unpaired) electrons. The lowest BCUT2D eigenvalue weighted by Gasteiger charge is -2.34. The Morgan fingerprint density at radius 3 is 2.36 bits per heavy atom. The van der Waals surface area contributed by atoms with Gasteiger partial charge in [-0.05, 0) is 27.2 Å². The maximum atomic E-state index is 11.9. The van der Waals surface area contributed by atoms with E-state index in [2.05, 4.69) is 25.4 Å². The van der Waals surface area contributed by atoms with E-state index in [0.717, 1.165) is 64.7 Å². The molecule has 0 aliphatic carbocycles. The molecule has 0 bridgehead atoms. The molecule has 2 N–H and O–H groups in total. The van der Waals surface area contributed by atoms with Crippen molar-refractivity contribution in [1.82, 2.24) is 25.3 Å². The van der Waals surface area contributed by atoms with Crippen LogP contribution in [0, 0.1) is 0 Å². The molecule has 0 aromatic rings. The summed E-state index contributed by atoms with van der Waals surface area (Å²) in [5.41, 5.74) is -0.490. The predicted molar refractivity (Wildman–Crippen MR) is 109 cm³/mol. The second-order valence-electron chi connectivity index (χ2n) is 8.40. The van der Waals surface area contributed by atoms with Crippen LogP contribution in [-0.4, -0.2) is 104 Å². The van der Waals surface area contributed by atoms with Gasteiger partial charge >= 0.3 is 6.09 Å². The van der Waals surface area contributed by atoms with Crippen molar-refractivity contribution in [2.75, 3.05) is 59.4 Å². The van der Waals surface area contributed by atoms with Crippen molar-refractivity contribution in [3.8, 4) is 0 Å². The summed E-state index contributed by atoms with van der Waals surface area (Å²) in [6.07, 6.45) is 0.499. The SMILES string of the molecule is CN=C(NCCN1CCN(C(C)=O)CC1)N1CCC(NC(=O)OC(C)(C)C)C1. The van der Waals surface area contributed by atoms with Crippen molar-refractivity contribution < 1.29 is 14.3 Å². The van der Waals surface area contributed by atoms with Gasteiger partial charge in [-0.3, -0.25) is 14.7 Å². The molecule has 0 spiro atoms. The summed E-state index contributed by atoms with van der Waals surface area (Å²) in [5, 5.41) is 6.35. The summed E-state index contributed by atoms with van der Waals surface area (Å²) >= 11 is 0. The van der Waals surface area contributed by atoms with Crippen LogP contribution < -0.4 is 10.6 Å². The summed E-state index contributed by atoms with van der Waals surface area (Å²) in [5.74, 6) is 1.01.